The van der Waals surface area contributed by atoms with Crippen molar-refractivity contribution in [2.75, 3.05) is 18.5 Å². The maximum absolute atomic E-state index is 12.0. The molecule has 0 aliphatic heterocycles. The number of amides is 3. The van der Waals surface area contributed by atoms with E-state index in [1.807, 2.05) is 43.3 Å². The number of fused-ring (bicyclic) bond motifs is 1. The quantitative estimate of drug-likeness (QED) is 0.267. The molecule has 3 aromatic rings. The second kappa shape index (κ2) is 12.9. The number of carbonyl (C=O) groups excluding carboxylic acids is 3. The molecule has 0 aliphatic carbocycles. The van der Waals surface area contributed by atoms with Gasteiger partial charge in [-0.05, 0) is 66.3 Å². The highest BCUT2D eigenvalue weighted by Crippen LogP contribution is 2.20. The Hall–Kier alpha value is -4.18. The Bertz CT molecular complexity index is 1200. The molecule has 0 radical (unpaired) electrons. The van der Waals surface area contributed by atoms with Crippen molar-refractivity contribution in [3.63, 3.8) is 0 Å². The molecule has 0 saturated carbocycles. The highest BCUT2D eigenvalue weighted by molar-refractivity contribution is 7.80. The molecule has 0 saturated heterocycles. The van der Waals surface area contributed by atoms with Crippen LogP contribution in [0.2, 0.25) is 0 Å². The van der Waals surface area contributed by atoms with Crippen LogP contribution in [0.3, 0.4) is 0 Å². The lowest BCUT2D eigenvalue weighted by atomic mass is 10.1. The Morgan fingerprint density at radius 2 is 1.46 bits per heavy atom. The van der Waals surface area contributed by atoms with Crippen LogP contribution in [0.1, 0.15) is 19.8 Å². The van der Waals surface area contributed by atoms with Gasteiger partial charge in [-0.1, -0.05) is 30.3 Å². The van der Waals surface area contributed by atoms with Crippen LogP contribution in [0, 0.1) is 0 Å². The van der Waals surface area contributed by atoms with Crippen LogP contribution in [-0.4, -0.2) is 36.0 Å². The third-order valence-corrected chi connectivity index (χ3v) is 4.89. The van der Waals surface area contributed by atoms with E-state index in [1.165, 1.54) is 0 Å². The van der Waals surface area contributed by atoms with Gasteiger partial charge >= 0.3 is 0 Å². The molecule has 3 aromatic carbocycles. The summed E-state index contributed by atoms with van der Waals surface area (Å²) in [6.45, 7) is 2.19. The SMILES string of the molecule is CCOc1ccc(NC(=O)CCC(=O)NNC(=S)NC(=O)COc2ccc3ccccc3c2)cc1. The Kier molecular flexibility index (Phi) is 9.38. The summed E-state index contributed by atoms with van der Waals surface area (Å²) in [5.74, 6) is -0.00433. The molecule has 3 rings (SSSR count). The molecule has 9 nitrogen and oxygen atoms in total. The summed E-state index contributed by atoms with van der Waals surface area (Å²) in [6, 6.07) is 20.3. The average Bonchev–Trinajstić information content (AvgIpc) is 2.86. The number of carbonyl (C=O) groups is 3. The van der Waals surface area contributed by atoms with Gasteiger partial charge in [0.1, 0.15) is 11.5 Å². The van der Waals surface area contributed by atoms with E-state index in [1.54, 1.807) is 30.3 Å². The molecule has 3 amide bonds. The zero-order valence-corrected chi connectivity index (χ0v) is 19.9. The molecular formula is C25H26N4O5S. The summed E-state index contributed by atoms with van der Waals surface area (Å²) in [6.07, 6.45) is -0.100. The Morgan fingerprint density at radius 3 is 2.20 bits per heavy atom. The van der Waals surface area contributed by atoms with Crippen molar-refractivity contribution >= 4 is 51.5 Å². The number of benzene rings is 3. The summed E-state index contributed by atoms with van der Waals surface area (Å²) in [7, 11) is 0. The molecule has 0 unspecified atom stereocenters. The van der Waals surface area contributed by atoms with Gasteiger partial charge in [-0.2, -0.15) is 0 Å². The smallest absolute Gasteiger partial charge is 0.264 e. The Morgan fingerprint density at radius 1 is 0.771 bits per heavy atom. The van der Waals surface area contributed by atoms with Crippen LogP contribution in [0.4, 0.5) is 5.69 Å². The van der Waals surface area contributed by atoms with Crippen LogP contribution in [-0.2, 0) is 14.4 Å². The van der Waals surface area contributed by atoms with Crippen molar-refractivity contribution in [1.29, 1.82) is 0 Å². The molecule has 0 atom stereocenters. The van der Waals surface area contributed by atoms with E-state index in [4.69, 9.17) is 21.7 Å². The lowest BCUT2D eigenvalue weighted by Gasteiger charge is -2.12. The molecule has 182 valence electrons. The summed E-state index contributed by atoms with van der Waals surface area (Å²) < 4.78 is 10.8. The molecule has 0 aliphatic rings. The van der Waals surface area contributed by atoms with Gasteiger partial charge in [0.05, 0.1) is 6.61 Å². The van der Waals surface area contributed by atoms with Gasteiger partial charge in [-0.3, -0.25) is 30.6 Å². The lowest BCUT2D eigenvalue weighted by molar-refractivity contribution is -0.125. The predicted octanol–water partition coefficient (Wildman–Crippen LogP) is 3.06. The number of nitrogens with one attached hydrogen (secondary N) is 4. The van der Waals surface area contributed by atoms with E-state index in [0.717, 1.165) is 10.8 Å². The first-order valence-electron chi connectivity index (χ1n) is 11.0. The molecule has 0 fully saturated rings. The van der Waals surface area contributed by atoms with Crippen LogP contribution in [0.15, 0.2) is 66.7 Å². The molecule has 10 heteroatoms. The van der Waals surface area contributed by atoms with Gasteiger partial charge in [-0.15, -0.1) is 0 Å². The molecule has 35 heavy (non-hydrogen) atoms. The van der Waals surface area contributed by atoms with Crippen molar-refractivity contribution < 1.29 is 23.9 Å². The van der Waals surface area contributed by atoms with E-state index < -0.39 is 11.8 Å². The first-order chi connectivity index (χ1) is 16.9. The monoisotopic (exact) mass is 494 g/mol. The highest BCUT2D eigenvalue weighted by Gasteiger charge is 2.10. The van der Waals surface area contributed by atoms with Gasteiger partial charge in [0.25, 0.3) is 5.91 Å². The number of rotatable bonds is 9. The molecule has 0 spiro atoms. The maximum atomic E-state index is 12.0. The lowest BCUT2D eigenvalue weighted by Crippen LogP contribution is -2.49. The second-order valence-corrected chi connectivity index (χ2v) is 7.76. The van der Waals surface area contributed by atoms with Crippen molar-refractivity contribution in [3.05, 3.63) is 66.7 Å². The topological polar surface area (TPSA) is 118 Å². The fourth-order valence-electron chi connectivity index (χ4n) is 3.04. The van der Waals surface area contributed by atoms with Crippen molar-refractivity contribution in [2.45, 2.75) is 19.8 Å². The van der Waals surface area contributed by atoms with Crippen LogP contribution >= 0.6 is 12.2 Å². The van der Waals surface area contributed by atoms with Gasteiger partial charge in [0.15, 0.2) is 11.7 Å². The van der Waals surface area contributed by atoms with E-state index in [0.29, 0.717) is 23.8 Å². The fraction of sp³-hybridized carbons (Fsp3) is 0.200. The van der Waals surface area contributed by atoms with Gasteiger partial charge in [-0.25, -0.2) is 0 Å². The summed E-state index contributed by atoms with van der Waals surface area (Å²) in [5.41, 5.74) is 5.37. The number of thiocarbonyl (C=S) groups is 1. The first kappa shape index (κ1) is 25.4. The van der Waals surface area contributed by atoms with Gasteiger partial charge < -0.3 is 14.8 Å². The highest BCUT2D eigenvalue weighted by atomic mass is 32.1. The third-order valence-electron chi connectivity index (χ3n) is 4.69. The van der Waals surface area contributed by atoms with Gasteiger partial charge in [0.2, 0.25) is 11.8 Å². The van der Waals surface area contributed by atoms with E-state index >= 15 is 0 Å². The first-order valence-corrected chi connectivity index (χ1v) is 11.4. The van der Waals surface area contributed by atoms with Crippen LogP contribution in [0.25, 0.3) is 10.8 Å². The summed E-state index contributed by atoms with van der Waals surface area (Å²) in [4.78, 5) is 36.0. The van der Waals surface area contributed by atoms with E-state index in [2.05, 4.69) is 21.5 Å². The molecule has 0 bridgehead atoms. The van der Waals surface area contributed by atoms with Crippen LogP contribution < -0.4 is 31.0 Å². The number of ether oxygens (including phenoxy) is 2. The number of anilines is 1. The molecule has 0 aromatic heterocycles. The zero-order chi connectivity index (χ0) is 25.0. The molecule has 0 heterocycles. The minimum absolute atomic E-state index is 0.0283. The number of hydrogen-bond donors (Lipinski definition) is 4. The average molecular weight is 495 g/mol. The van der Waals surface area contributed by atoms with Crippen molar-refractivity contribution in [3.8, 4) is 11.5 Å². The standard InChI is InChI=1S/C25H26N4O5S/c1-2-33-20-11-8-19(9-12-20)26-22(30)13-14-23(31)28-29-25(35)27-24(32)16-34-21-10-7-17-5-3-4-6-18(17)15-21/h3-12,15H,2,13-14,16H2,1H3,(H,26,30)(H,28,31)(H2,27,29,32,35). The fourth-order valence-corrected chi connectivity index (χ4v) is 3.21. The van der Waals surface area contributed by atoms with Crippen LogP contribution in [0.5, 0.6) is 11.5 Å². The largest absolute Gasteiger partial charge is 0.494 e. The minimum Gasteiger partial charge on any atom is -0.494 e. The van der Waals surface area contributed by atoms with E-state index in [-0.39, 0.29) is 30.5 Å². The minimum atomic E-state index is -0.486. The summed E-state index contributed by atoms with van der Waals surface area (Å²) >= 11 is 4.99. The Labute approximate surface area is 208 Å². The second-order valence-electron chi connectivity index (χ2n) is 7.35. The maximum Gasteiger partial charge on any atom is 0.264 e. The van der Waals surface area contributed by atoms with E-state index in [9.17, 15) is 14.4 Å². The zero-order valence-electron chi connectivity index (χ0n) is 19.1. The predicted molar refractivity (Wildman–Crippen MR) is 137 cm³/mol. The Balaban J connectivity index is 1.31. The normalized spacial score (nSPS) is 10.2. The number of hydrogen-bond acceptors (Lipinski definition) is 6. The third kappa shape index (κ3) is 8.59. The van der Waals surface area contributed by atoms with Crippen molar-refractivity contribution in [1.82, 2.24) is 16.2 Å². The number of hydrazine groups is 1. The molecular weight excluding hydrogens is 468 g/mol. The van der Waals surface area contributed by atoms with Gasteiger partial charge in [0, 0.05) is 18.5 Å². The summed E-state index contributed by atoms with van der Waals surface area (Å²) in [5, 5.41) is 7.08. The van der Waals surface area contributed by atoms with Crippen molar-refractivity contribution in [2.24, 2.45) is 0 Å². The molecule has 4 N–H and O–H groups in total.